The Morgan fingerprint density at radius 2 is 1.71 bits per heavy atom. The van der Waals surface area contributed by atoms with Crippen LogP contribution in [0, 0.1) is 0 Å². The van der Waals surface area contributed by atoms with Crippen molar-refractivity contribution >= 4 is 50.1 Å². The van der Waals surface area contributed by atoms with Crippen molar-refractivity contribution in [2.75, 3.05) is 12.1 Å². The molecule has 0 atom stereocenters. The summed E-state index contributed by atoms with van der Waals surface area (Å²) in [7, 11) is 1.61. The number of hydrogen-bond donors (Lipinski definition) is 0. The molecule has 1 aliphatic rings. The molecule has 0 aliphatic carbocycles. The third-order valence-electron chi connectivity index (χ3n) is 5.88. The van der Waals surface area contributed by atoms with Crippen LogP contribution in [-0.2, 0) is 11.4 Å². The van der Waals surface area contributed by atoms with Crippen LogP contribution in [0.15, 0.2) is 100 Å². The number of rotatable bonds is 6. The predicted octanol–water partition coefficient (Wildman–Crippen LogP) is 7.00. The molecule has 0 saturated heterocycles. The number of hydrogen-bond acceptors (Lipinski definition) is 4. The van der Waals surface area contributed by atoms with Crippen LogP contribution < -0.4 is 14.5 Å². The van der Waals surface area contributed by atoms with E-state index < -0.39 is 0 Å². The van der Waals surface area contributed by atoms with Gasteiger partial charge in [0.05, 0.1) is 28.6 Å². The molecule has 4 aromatic rings. The van der Waals surface area contributed by atoms with E-state index in [9.17, 15) is 4.79 Å². The van der Waals surface area contributed by atoms with Gasteiger partial charge in [-0.05, 0) is 75.1 Å². The Labute approximate surface area is 212 Å². The Hall–Kier alpha value is -3.90. The molecule has 0 N–H and O–H groups in total. The maximum atomic E-state index is 13.1. The first-order valence-electron chi connectivity index (χ1n) is 11.2. The zero-order valence-corrected chi connectivity index (χ0v) is 21.0. The summed E-state index contributed by atoms with van der Waals surface area (Å²) in [4.78, 5) is 13.1. The van der Waals surface area contributed by atoms with Gasteiger partial charge < -0.3 is 9.47 Å². The highest BCUT2D eigenvalue weighted by Crippen LogP contribution is 2.38. The number of amides is 1. The molecule has 0 saturated carbocycles. The maximum absolute atomic E-state index is 13.1. The van der Waals surface area contributed by atoms with Crippen molar-refractivity contribution in [3.8, 4) is 11.5 Å². The molecular formula is C29H23BrN2O3. The van der Waals surface area contributed by atoms with E-state index in [4.69, 9.17) is 9.47 Å². The molecule has 5 rings (SSSR count). The van der Waals surface area contributed by atoms with Crippen LogP contribution in [-0.4, -0.2) is 18.7 Å². The fraction of sp³-hybridized carbons (Fsp3) is 0.103. The van der Waals surface area contributed by atoms with Gasteiger partial charge in [-0.1, -0.05) is 60.7 Å². The molecule has 0 fully saturated rings. The first-order valence-corrected chi connectivity index (χ1v) is 12.0. The van der Waals surface area contributed by atoms with Gasteiger partial charge in [-0.15, -0.1) is 0 Å². The van der Waals surface area contributed by atoms with Crippen molar-refractivity contribution in [2.45, 2.75) is 13.5 Å². The first kappa shape index (κ1) is 22.9. The Morgan fingerprint density at radius 1 is 0.971 bits per heavy atom. The van der Waals surface area contributed by atoms with E-state index in [0.29, 0.717) is 29.4 Å². The van der Waals surface area contributed by atoms with Gasteiger partial charge >= 0.3 is 0 Å². The zero-order chi connectivity index (χ0) is 24.4. The number of para-hydroxylation sites is 1. The normalized spacial score (nSPS) is 14.5. The average molecular weight is 527 g/mol. The summed E-state index contributed by atoms with van der Waals surface area (Å²) in [5.74, 6) is 1.02. The Balaban J connectivity index is 1.42. The Bertz CT molecular complexity index is 1470. The molecule has 0 aromatic heterocycles. The van der Waals surface area contributed by atoms with Gasteiger partial charge in [0, 0.05) is 0 Å². The van der Waals surface area contributed by atoms with Crippen LogP contribution in [0.2, 0.25) is 0 Å². The number of carbonyl (C=O) groups excluding carboxylic acids is 1. The highest BCUT2D eigenvalue weighted by molar-refractivity contribution is 9.10. The molecule has 174 valence electrons. The summed E-state index contributed by atoms with van der Waals surface area (Å²) in [6, 6.07) is 27.6. The highest BCUT2D eigenvalue weighted by Gasteiger charge is 2.28. The highest BCUT2D eigenvalue weighted by atomic mass is 79.9. The second-order valence-electron chi connectivity index (χ2n) is 8.16. The van der Waals surface area contributed by atoms with Crippen molar-refractivity contribution < 1.29 is 14.3 Å². The SMILES string of the molecule is COc1cc(/C=C2/C(=O)N(c3ccccc3)N=C2C)cc(Br)c1OCc1cccc2ccccc12. The fourth-order valence-corrected chi connectivity index (χ4v) is 4.70. The monoisotopic (exact) mass is 526 g/mol. The number of methoxy groups -OCH3 is 1. The van der Waals surface area contributed by atoms with Crippen molar-refractivity contribution in [1.82, 2.24) is 0 Å². The van der Waals surface area contributed by atoms with E-state index in [2.05, 4.69) is 45.3 Å². The van der Waals surface area contributed by atoms with E-state index in [1.54, 1.807) is 7.11 Å². The van der Waals surface area contributed by atoms with E-state index in [0.717, 1.165) is 26.7 Å². The van der Waals surface area contributed by atoms with Crippen LogP contribution in [0.25, 0.3) is 16.8 Å². The Kier molecular flexibility index (Phi) is 6.38. The molecule has 0 radical (unpaired) electrons. The van der Waals surface area contributed by atoms with Crippen molar-refractivity contribution in [3.05, 3.63) is 106 Å². The Morgan fingerprint density at radius 3 is 2.51 bits per heavy atom. The lowest BCUT2D eigenvalue weighted by atomic mass is 10.1. The van der Waals surface area contributed by atoms with Crippen molar-refractivity contribution in [2.24, 2.45) is 5.10 Å². The summed E-state index contributed by atoms with van der Waals surface area (Å²) in [5.41, 5.74) is 3.82. The molecule has 1 aliphatic heterocycles. The predicted molar refractivity (Wildman–Crippen MR) is 144 cm³/mol. The first-order chi connectivity index (χ1) is 17.0. The summed E-state index contributed by atoms with van der Waals surface area (Å²) < 4.78 is 12.6. The molecular weight excluding hydrogens is 504 g/mol. The lowest BCUT2D eigenvalue weighted by Crippen LogP contribution is -2.21. The van der Waals surface area contributed by atoms with Gasteiger partial charge in [0.25, 0.3) is 5.91 Å². The number of halogens is 1. The number of hydrazone groups is 1. The third kappa shape index (κ3) is 4.57. The van der Waals surface area contributed by atoms with Gasteiger partial charge in [-0.25, -0.2) is 0 Å². The van der Waals surface area contributed by atoms with Crippen LogP contribution in [0.1, 0.15) is 18.1 Å². The smallest absolute Gasteiger partial charge is 0.280 e. The van der Waals surface area contributed by atoms with Crippen LogP contribution in [0.3, 0.4) is 0 Å². The second kappa shape index (κ2) is 9.76. The number of carbonyl (C=O) groups is 1. The average Bonchev–Trinajstić information content (AvgIpc) is 3.16. The number of fused-ring (bicyclic) bond motifs is 1. The minimum absolute atomic E-state index is 0.167. The minimum atomic E-state index is -0.167. The van der Waals surface area contributed by atoms with Crippen LogP contribution in [0.5, 0.6) is 11.5 Å². The number of benzene rings is 4. The van der Waals surface area contributed by atoms with E-state index >= 15 is 0 Å². The van der Waals surface area contributed by atoms with Gasteiger partial charge in [0.2, 0.25) is 0 Å². The van der Waals surface area contributed by atoms with E-state index in [-0.39, 0.29) is 5.91 Å². The quantitative estimate of drug-likeness (QED) is 0.254. The maximum Gasteiger partial charge on any atom is 0.280 e. The topological polar surface area (TPSA) is 51.1 Å². The van der Waals surface area contributed by atoms with Crippen molar-refractivity contribution in [1.29, 1.82) is 0 Å². The van der Waals surface area contributed by atoms with Crippen LogP contribution in [0.4, 0.5) is 5.69 Å². The van der Waals surface area contributed by atoms with Crippen molar-refractivity contribution in [3.63, 3.8) is 0 Å². The van der Waals surface area contributed by atoms with Gasteiger partial charge in [-0.3, -0.25) is 4.79 Å². The summed E-state index contributed by atoms with van der Waals surface area (Å²) >= 11 is 3.63. The lowest BCUT2D eigenvalue weighted by molar-refractivity contribution is -0.114. The molecule has 0 unspecified atom stereocenters. The number of ether oxygens (including phenoxy) is 2. The molecule has 6 heteroatoms. The van der Waals surface area contributed by atoms with Gasteiger partial charge in [-0.2, -0.15) is 10.1 Å². The summed E-state index contributed by atoms with van der Waals surface area (Å²) in [6.07, 6.45) is 1.83. The van der Waals surface area contributed by atoms with E-state index in [1.807, 2.05) is 73.7 Å². The molecule has 1 amide bonds. The lowest BCUT2D eigenvalue weighted by Gasteiger charge is -2.15. The minimum Gasteiger partial charge on any atom is -0.493 e. The number of anilines is 1. The van der Waals surface area contributed by atoms with Crippen LogP contribution >= 0.6 is 15.9 Å². The van der Waals surface area contributed by atoms with E-state index in [1.165, 1.54) is 10.4 Å². The second-order valence-corrected chi connectivity index (χ2v) is 9.01. The van der Waals surface area contributed by atoms with Gasteiger partial charge in [0.15, 0.2) is 11.5 Å². The zero-order valence-electron chi connectivity index (χ0n) is 19.4. The number of nitrogens with zero attached hydrogens (tertiary/aromatic N) is 2. The molecule has 0 bridgehead atoms. The molecule has 35 heavy (non-hydrogen) atoms. The summed E-state index contributed by atoms with van der Waals surface area (Å²) in [5, 5.41) is 8.21. The standard InChI is InChI=1S/C29H23BrN2O3/c1-19-25(29(33)32(31-19)23-12-4-3-5-13-23)15-20-16-26(30)28(27(17-20)34-2)35-18-22-11-8-10-21-9-6-7-14-24(21)22/h3-17H,18H2,1-2H3/b25-15+. The van der Waals surface area contributed by atoms with Gasteiger partial charge in [0.1, 0.15) is 6.61 Å². The molecule has 5 nitrogen and oxygen atoms in total. The molecule has 1 heterocycles. The fourth-order valence-electron chi connectivity index (χ4n) is 4.13. The largest absolute Gasteiger partial charge is 0.493 e. The molecule has 4 aromatic carbocycles. The third-order valence-corrected chi connectivity index (χ3v) is 6.47. The summed E-state index contributed by atoms with van der Waals surface area (Å²) in [6.45, 7) is 2.23. The molecule has 0 spiro atoms.